The van der Waals surface area contributed by atoms with E-state index in [0.29, 0.717) is 17.1 Å². The normalized spacial score (nSPS) is 10.8. The van der Waals surface area contributed by atoms with E-state index in [1.54, 1.807) is 16.8 Å². The van der Waals surface area contributed by atoms with Crippen molar-refractivity contribution in [3.63, 3.8) is 0 Å². The number of carbonyl (C=O) groups is 1. The summed E-state index contributed by atoms with van der Waals surface area (Å²) in [4.78, 5) is 17.3. The molecule has 150 valence electrons. The molecule has 0 aliphatic carbocycles. The first-order chi connectivity index (χ1) is 14.4. The zero-order chi connectivity index (χ0) is 21.3. The van der Waals surface area contributed by atoms with Gasteiger partial charge in [0.1, 0.15) is 5.82 Å². The van der Waals surface area contributed by atoms with Gasteiger partial charge in [-0.1, -0.05) is 31.9 Å². The fourth-order valence-corrected chi connectivity index (χ4v) is 3.64. The molecule has 4 aromatic rings. The molecule has 30 heavy (non-hydrogen) atoms. The number of anilines is 1. The number of benzene rings is 3. The molecule has 0 saturated heterocycles. The van der Waals surface area contributed by atoms with Crippen LogP contribution in [0.2, 0.25) is 0 Å². The second-order valence-electron chi connectivity index (χ2n) is 6.57. The highest BCUT2D eigenvalue weighted by molar-refractivity contribution is 9.10. The van der Waals surface area contributed by atoms with E-state index in [1.165, 1.54) is 12.1 Å². The largest absolute Gasteiger partial charge is 0.319 e. The van der Waals surface area contributed by atoms with Crippen LogP contribution >= 0.6 is 31.9 Å². The van der Waals surface area contributed by atoms with Crippen LogP contribution in [0, 0.1) is 12.7 Å². The molecule has 1 N–H and O–H groups in total. The van der Waals surface area contributed by atoms with Gasteiger partial charge in [-0.25, -0.2) is 14.1 Å². The smallest absolute Gasteiger partial charge is 0.295 e. The van der Waals surface area contributed by atoms with Gasteiger partial charge in [-0.05, 0) is 79.2 Å². The average Bonchev–Trinajstić information content (AvgIpc) is 3.17. The third-order valence-corrected chi connectivity index (χ3v) is 5.44. The van der Waals surface area contributed by atoms with Crippen LogP contribution in [0.15, 0.2) is 75.7 Å². The fraction of sp³-hybridized carbons (Fsp3) is 0.0455. The molecule has 1 amide bonds. The monoisotopic (exact) mass is 528 g/mol. The molecule has 1 heterocycles. The van der Waals surface area contributed by atoms with Crippen molar-refractivity contribution in [3.8, 4) is 17.1 Å². The first-order valence-corrected chi connectivity index (χ1v) is 10.6. The number of carbonyl (C=O) groups excluding carboxylic acids is 1. The van der Waals surface area contributed by atoms with Gasteiger partial charge in [0.25, 0.3) is 5.91 Å². The number of nitrogens with zero attached hydrogens (tertiary/aromatic N) is 3. The maximum absolute atomic E-state index is 13.4. The van der Waals surface area contributed by atoms with Crippen molar-refractivity contribution in [1.29, 1.82) is 0 Å². The number of hydrogen-bond donors (Lipinski definition) is 1. The molecule has 0 atom stereocenters. The van der Waals surface area contributed by atoms with Crippen LogP contribution in [0.1, 0.15) is 16.2 Å². The van der Waals surface area contributed by atoms with Crippen molar-refractivity contribution < 1.29 is 9.18 Å². The van der Waals surface area contributed by atoms with Crippen LogP contribution in [0.4, 0.5) is 10.1 Å². The Kier molecular flexibility index (Phi) is 5.78. The van der Waals surface area contributed by atoms with Crippen molar-refractivity contribution in [2.75, 3.05) is 5.32 Å². The lowest BCUT2D eigenvalue weighted by Gasteiger charge is -2.07. The van der Waals surface area contributed by atoms with E-state index < -0.39 is 5.91 Å². The van der Waals surface area contributed by atoms with Gasteiger partial charge in [-0.3, -0.25) is 4.79 Å². The van der Waals surface area contributed by atoms with Gasteiger partial charge in [0.05, 0.1) is 5.69 Å². The molecule has 4 rings (SSSR count). The zero-order valence-corrected chi connectivity index (χ0v) is 18.9. The average molecular weight is 530 g/mol. The van der Waals surface area contributed by atoms with E-state index in [2.05, 4.69) is 47.3 Å². The molecule has 0 radical (unpaired) electrons. The summed E-state index contributed by atoms with van der Waals surface area (Å²) < 4.78 is 16.8. The van der Waals surface area contributed by atoms with Crippen molar-refractivity contribution in [1.82, 2.24) is 14.8 Å². The molecule has 0 aliphatic rings. The van der Waals surface area contributed by atoms with E-state index in [0.717, 1.165) is 20.2 Å². The second-order valence-corrected chi connectivity index (χ2v) is 8.40. The van der Waals surface area contributed by atoms with Crippen LogP contribution in [-0.2, 0) is 0 Å². The minimum atomic E-state index is -0.431. The highest BCUT2D eigenvalue weighted by Gasteiger charge is 2.19. The topological polar surface area (TPSA) is 59.8 Å². The molecule has 0 spiro atoms. The molecule has 0 unspecified atom stereocenters. The van der Waals surface area contributed by atoms with Crippen LogP contribution in [0.25, 0.3) is 17.1 Å². The highest BCUT2D eigenvalue weighted by Crippen LogP contribution is 2.24. The highest BCUT2D eigenvalue weighted by atomic mass is 79.9. The Morgan fingerprint density at radius 3 is 2.30 bits per heavy atom. The minimum absolute atomic E-state index is 0.0135. The van der Waals surface area contributed by atoms with E-state index >= 15 is 0 Å². The van der Waals surface area contributed by atoms with Crippen molar-refractivity contribution >= 4 is 43.5 Å². The Bertz CT molecular complexity index is 1160. The second kappa shape index (κ2) is 8.49. The molecule has 8 heteroatoms. The molecule has 0 bridgehead atoms. The summed E-state index contributed by atoms with van der Waals surface area (Å²) in [5, 5.41) is 7.28. The van der Waals surface area contributed by atoms with Crippen LogP contribution in [-0.4, -0.2) is 20.7 Å². The maximum atomic E-state index is 13.4. The van der Waals surface area contributed by atoms with Gasteiger partial charge in [0.2, 0.25) is 5.82 Å². The summed E-state index contributed by atoms with van der Waals surface area (Å²) in [5.41, 5.74) is 2.95. The number of aromatic nitrogens is 3. The first-order valence-electron chi connectivity index (χ1n) is 8.97. The van der Waals surface area contributed by atoms with Crippen LogP contribution in [0.3, 0.4) is 0 Å². The third-order valence-electron chi connectivity index (χ3n) is 4.42. The minimum Gasteiger partial charge on any atom is -0.319 e. The molecular weight excluding hydrogens is 515 g/mol. The van der Waals surface area contributed by atoms with Gasteiger partial charge in [0.15, 0.2) is 5.82 Å². The molecule has 3 aromatic carbocycles. The Morgan fingerprint density at radius 1 is 0.967 bits per heavy atom. The first kappa shape index (κ1) is 20.4. The van der Waals surface area contributed by atoms with Crippen molar-refractivity contribution in [3.05, 3.63) is 92.9 Å². The van der Waals surface area contributed by atoms with Gasteiger partial charge in [-0.15, -0.1) is 5.10 Å². The molecule has 0 aliphatic heterocycles. The standard InChI is InChI=1S/C22H15Br2FN4O/c1-13-12-16(24)6-11-19(13)26-22(30)20-27-21(14-2-7-17(25)8-3-14)29(28-20)18-9-4-15(23)5-10-18/h2-12H,1H3,(H,26,30). The maximum Gasteiger partial charge on any atom is 0.295 e. The van der Waals surface area contributed by atoms with Crippen LogP contribution < -0.4 is 5.32 Å². The quantitative estimate of drug-likeness (QED) is 0.344. The lowest BCUT2D eigenvalue weighted by Crippen LogP contribution is -2.15. The lowest BCUT2D eigenvalue weighted by atomic mass is 10.2. The number of amides is 1. The number of rotatable bonds is 4. The summed E-state index contributed by atoms with van der Waals surface area (Å²) in [6.45, 7) is 1.90. The molecule has 0 saturated carbocycles. The molecule has 1 aromatic heterocycles. The number of aryl methyl sites for hydroxylation is 1. The Labute approximate surface area is 189 Å². The van der Waals surface area contributed by atoms with E-state index in [4.69, 9.17) is 0 Å². The molecular formula is C22H15Br2FN4O. The SMILES string of the molecule is Cc1cc(Br)ccc1NC(=O)c1nc(-c2ccc(F)cc2)n(-c2ccc(Br)cc2)n1. The molecule has 5 nitrogen and oxygen atoms in total. The third kappa shape index (κ3) is 4.34. The summed E-state index contributed by atoms with van der Waals surface area (Å²) >= 11 is 6.82. The summed E-state index contributed by atoms with van der Waals surface area (Å²) in [6, 6.07) is 18.9. The fourth-order valence-electron chi connectivity index (χ4n) is 2.90. The van der Waals surface area contributed by atoms with Gasteiger partial charge in [-0.2, -0.15) is 0 Å². The Morgan fingerprint density at radius 2 is 1.63 bits per heavy atom. The summed E-state index contributed by atoms with van der Waals surface area (Å²) in [5.74, 6) is -0.327. The summed E-state index contributed by atoms with van der Waals surface area (Å²) in [6.07, 6.45) is 0. The van der Waals surface area contributed by atoms with E-state index in [9.17, 15) is 9.18 Å². The summed E-state index contributed by atoms with van der Waals surface area (Å²) in [7, 11) is 0. The van der Waals surface area contributed by atoms with E-state index in [1.807, 2.05) is 49.4 Å². The zero-order valence-electron chi connectivity index (χ0n) is 15.7. The number of hydrogen-bond acceptors (Lipinski definition) is 3. The predicted octanol–water partition coefficient (Wildman–Crippen LogP) is 6.16. The van der Waals surface area contributed by atoms with E-state index in [-0.39, 0.29) is 11.6 Å². The Balaban J connectivity index is 1.75. The van der Waals surface area contributed by atoms with Gasteiger partial charge in [0, 0.05) is 20.2 Å². The van der Waals surface area contributed by atoms with Gasteiger partial charge >= 0.3 is 0 Å². The lowest BCUT2D eigenvalue weighted by molar-refractivity contribution is 0.101. The van der Waals surface area contributed by atoms with Gasteiger partial charge < -0.3 is 5.32 Å². The van der Waals surface area contributed by atoms with Crippen molar-refractivity contribution in [2.45, 2.75) is 6.92 Å². The number of nitrogens with one attached hydrogen (secondary N) is 1. The van der Waals surface area contributed by atoms with Crippen molar-refractivity contribution in [2.24, 2.45) is 0 Å². The number of halogens is 3. The van der Waals surface area contributed by atoms with Crippen LogP contribution in [0.5, 0.6) is 0 Å². The predicted molar refractivity (Wildman–Crippen MR) is 121 cm³/mol. The molecule has 0 fully saturated rings. The Hall–Kier alpha value is -2.84.